The Bertz CT molecular complexity index is 800. The van der Waals surface area contributed by atoms with Crippen molar-refractivity contribution in [3.8, 4) is 0 Å². The molecule has 3 rings (SSSR count). The fourth-order valence-electron chi connectivity index (χ4n) is 3.07. The van der Waals surface area contributed by atoms with E-state index in [0.29, 0.717) is 19.5 Å². The van der Waals surface area contributed by atoms with Crippen LogP contribution in [-0.4, -0.2) is 31.6 Å². The third-order valence-corrected chi connectivity index (χ3v) is 6.07. The summed E-state index contributed by atoms with van der Waals surface area (Å²) in [6, 6.07) is 6.84. The first kappa shape index (κ1) is 15.9. The molecule has 1 saturated heterocycles. The van der Waals surface area contributed by atoms with Crippen LogP contribution in [0.4, 0.5) is 0 Å². The molecule has 0 N–H and O–H groups in total. The quantitative estimate of drug-likeness (QED) is 0.784. The van der Waals surface area contributed by atoms with E-state index in [1.54, 1.807) is 36.4 Å². The molecule has 0 saturated carbocycles. The smallest absolute Gasteiger partial charge is 0.243 e. The van der Waals surface area contributed by atoms with Crippen molar-refractivity contribution in [1.82, 2.24) is 4.31 Å². The molecule has 1 fully saturated rings. The Morgan fingerprint density at radius 3 is 2.35 bits per heavy atom. The first-order chi connectivity index (χ1) is 10.8. The van der Waals surface area contributed by atoms with Crippen molar-refractivity contribution >= 4 is 15.8 Å². The maximum absolute atomic E-state index is 12.9. The molecule has 0 radical (unpaired) electrons. The van der Waals surface area contributed by atoms with E-state index in [2.05, 4.69) is 6.58 Å². The van der Waals surface area contributed by atoms with E-state index in [0.717, 1.165) is 11.1 Å². The summed E-state index contributed by atoms with van der Waals surface area (Å²) in [4.78, 5) is 11.7. The Balaban J connectivity index is 1.94. The highest BCUT2D eigenvalue weighted by molar-refractivity contribution is 7.89. The van der Waals surface area contributed by atoms with Gasteiger partial charge in [-0.3, -0.25) is 4.79 Å². The van der Waals surface area contributed by atoms with Crippen LogP contribution in [0.1, 0.15) is 12.0 Å². The summed E-state index contributed by atoms with van der Waals surface area (Å²) in [7, 11) is -3.58. The van der Waals surface area contributed by atoms with Gasteiger partial charge in [-0.15, -0.1) is 0 Å². The molecule has 1 spiro atoms. The molecule has 23 heavy (non-hydrogen) atoms. The van der Waals surface area contributed by atoms with Gasteiger partial charge in [-0.1, -0.05) is 42.0 Å². The number of ketones is 1. The second kappa shape index (κ2) is 5.58. The molecule has 1 heterocycles. The molecule has 1 aliphatic carbocycles. The Morgan fingerprint density at radius 2 is 1.74 bits per heavy atom. The predicted octanol–water partition coefficient (Wildman–Crippen LogP) is 2.63. The van der Waals surface area contributed by atoms with Crippen LogP contribution in [0.3, 0.4) is 0 Å². The molecule has 0 aromatic heterocycles. The number of piperidine rings is 1. The fraction of sp³-hybridized carbons (Fsp3) is 0.278. The number of carbonyl (C=O) groups is 1. The standard InChI is InChI=1S/C18H19NO3S/c1-14-3-5-17(6-4-14)23(21,22)19-12-15(2)11-18(13-19)9-7-16(20)8-10-18/h3-10H,2,11-13H2,1H3. The van der Waals surface area contributed by atoms with Crippen molar-refractivity contribution in [1.29, 1.82) is 0 Å². The van der Waals surface area contributed by atoms with E-state index >= 15 is 0 Å². The zero-order valence-corrected chi connectivity index (χ0v) is 13.8. The van der Waals surface area contributed by atoms with E-state index < -0.39 is 15.4 Å². The first-order valence-electron chi connectivity index (χ1n) is 7.47. The molecule has 0 unspecified atom stereocenters. The van der Waals surface area contributed by atoms with Crippen molar-refractivity contribution in [2.24, 2.45) is 5.41 Å². The average Bonchev–Trinajstić information content (AvgIpc) is 2.50. The number of nitrogens with zero attached hydrogens (tertiary/aromatic N) is 1. The molecule has 0 bridgehead atoms. The Kier molecular flexibility index (Phi) is 3.86. The number of sulfonamides is 1. The van der Waals surface area contributed by atoms with Crippen LogP contribution in [0.5, 0.6) is 0 Å². The van der Waals surface area contributed by atoms with Gasteiger partial charge in [-0.2, -0.15) is 4.31 Å². The minimum absolute atomic E-state index is 0.0697. The summed E-state index contributed by atoms with van der Waals surface area (Å²) in [6.07, 6.45) is 7.28. The molecular weight excluding hydrogens is 310 g/mol. The number of hydrogen-bond acceptors (Lipinski definition) is 3. The number of aryl methyl sites for hydroxylation is 1. The summed E-state index contributed by atoms with van der Waals surface area (Å²) < 4.78 is 27.3. The summed E-state index contributed by atoms with van der Waals surface area (Å²) in [6.45, 7) is 6.55. The lowest BCUT2D eigenvalue weighted by Crippen LogP contribution is -2.45. The summed E-state index contributed by atoms with van der Waals surface area (Å²) in [5.74, 6) is -0.0697. The van der Waals surface area contributed by atoms with E-state index in [1.807, 2.05) is 6.92 Å². The molecular formula is C18H19NO3S. The number of hydrogen-bond donors (Lipinski definition) is 0. The number of allylic oxidation sites excluding steroid dienone is 2. The van der Waals surface area contributed by atoms with Crippen molar-refractivity contribution in [3.63, 3.8) is 0 Å². The van der Waals surface area contributed by atoms with E-state index in [1.165, 1.54) is 16.5 Å². The van der Waals surface area contributed by atoms with Crippen LogP contribution in [0.15, 0.2) is 65.6 Å². The highest BCUT2D eigenvalue weighted by Gasteiger charge is 2.39. The van der Waals surface area contributed by atoms with Crippen molar-refractivity contribution in [2.45, 2.75) is 18.2 Å². The Morgan fingerprint density at radius 1 is 1.13 bits per heavy atom. The third kappa shape index (κ3) is 3.07. The SMILES string of the molecule is C=C1CN(S(=O)(=O)c2ccc(C)cc2)CC2(C=CC(=O)C=C2)C1. The van der Waals surface area contributed by atoms with Gasteiger partial charge >= 0.3 is 0 Å². The lowest BCUT2D eigenvalue weighted by atomic mass is 9.76. The van der Waals surface area contributed by atoms with Gasteiger partial charge in [-0.05, 0) is 37.6 Å². The number of rotatable bonds is 2. The summed E-state index contributed by atoms with van der Waals surface area (Å²) in [5, 5.41) is 0. The van der Waals surface area contributed by atoms with Gasteiger partial charge in [0.15, 0.2) is 5.78 Å². The zero-order valence-electron chi connectivity index (χ0n) is 13.0. The minimum atomic E-state index is -3.58. The van der Waals surface area contributed by atoms with Crippen LogP contribution < -0.4 is 0 Å². The maximum atomic E-state index is 12.9. The number of benzene rings is 1. The van der Waals surface area contributed by atoms with Gasteiger partial charge in [0.2, 0.25) is 10.0 Å². The molecule has 4 nitrogen and oxygen atoms in total. The van der Waals surface area contributed by atoms with Crippen molar-refractivity contribution in [3.05, 3.63) is 66.3 Å². The Labute approximate surface area is 136 Å². The molecule has 1 aromatic carbocycles. The average molecular weight is 329 g/mol. The van der Waals surface area contributed by atoms with Crippen molar-refractivity contribution < 1.29 is 13.2 Å². The number of carbonyl (C=O) groups excluding carboxylic acids is 1. The molecule has 1 aromatic rings. The second-order valence-electron chi connectivity index (χ2n) is 6.32. The zero-order chi connectivity index (χ0) is 16.7. The molecule has 0 atom stereocenters. The van der Waals surface area contributed by atoms with Gasteiger partial charge < -0.3 is 0 Å². The molecule has 2 aliphatic rings. The molecule has 1 aliphatic heterocycles. The second-order valence-corrected chi connectivity index (χ2v) is 8.25. The van der Waals surface area contributed by atoms with Gasteiger partial charge in [0.1, 0.15) is 0 Å². The highest BCUT2D eigenvalue weighted by atomic mass is 32.2. The molecule has 5 heteroatoms. The molecule has 120 valence electrons. The third-order valence-electron chi connectivity index (χ3n) is 4.27. The lowest BCUT2D eigenvalue weighted by Gasteiger charge is -2.40. The van der Waals surface area contributed by atoms with Crippen LogP contribution >= 0.6 is 0 Å². The largest absolute Gasteiger partial charge is 0.290 e. The lowest BCUT2D eigenvalue weighted by molar-refractivity contribution is -0.110. The van der Waals surface area contributed by atoms with E-state index in [4.69, 9.17) is 0 Å². The fourth-order valence-corrected chi connectivity index (χ4v) is 4.61. The van der Waals surface area contributed by atoms with Crippen LogP contribution in [0.2, 0.25) is 0 Å². The normalized spacial score (nSPS) is 21.1. The Hall–Kier alpha value is -1.98. The topological polar surface area (TPSA) is 54.5 Å². The molecule has 0 amide bonds. The van der Waals surface area contributed by atoms with Crippen LogP contribution in [-0.2, 0) is 14.8 Å². The van der Waals surface area contributed by atoms with Crippen molar-refractivity contribution in [2.75, 3.05) is 13.1 Å². The predicted molar refractivity (Wildman–Crippen MR) is 89.4 cm³/mol. The summed E-state index contributed by atoms with van der Waals surface area (Å²) >= 11 is 0. The van der Waals surface area contributed by atoms with Crippen LogP contribution in [0, 0.1) is 12.3 Å². The monoisotopic (exact) mass is 329 g/mol. The van der Waals surface area contributed by atoms with E-state index in [-0.39, 0.29) is 10.7 Å². The van der Waals surface area contributed by atoms with Gasteiger partial charge in [-0.25, -0.2) is 8.42 Å². The minimum Gasteiger partial charge on any atom is -0.290 e. The summed E-state index contributed by atoms with van der Waals surface area (Å²) in [5.41, 5.74) is 1.39. The van der Waals surface area contributed by atoms with Gasteiger partial charge in [0, 0.05) is 18.5 Å². The highest BCUT2D eigenvalue weighted by Crippen LogP contribution is 2.38. The van der Waals surface area contributed by atoms with E-state index in [9.17, 15) is 13.2 Å². The first-order valence-corrected chi connectivity index (χ1v) is 8.91. The van der Waals surface area contributed by atoms with Gasteiger partial charge in [0.25, 0.3) is 0 Å². The van der Waals surface area contributed by atoms with Gasteiger partial charge in [0.05, 0.1) is 4.90 Å². The van der Waals surface area contributed by atoms with Crippen LogP contribution in [0.25, 0.3) is 0 Å². The maximum Gasteiger partial charge on any atom is 0.243 e.